The molecule has 1 aromatic carbocycles. The lowest BCUT2D eigenvalue weighted by Gasteiger charge is -2.15. The molecule has 0 bridgehead atoms. The third-order valence-electron chi connectivity index (χ3n) is 2.30. The minimum Gasteiger partial charge on any atom is -0.376 e. The van der Waals surface area contributed by atoms with Crippen LogP contribution in [0.4, 0.5) is 5.69 Å². The van der Waals surface area contributed by atoms with Gasteiger partial charge in [0.15, 0.2) is 0 Å². The molecular formula is C9H9ClN2O3S. The molecule has 2 rings (SSSR count). The lowest BCUT2D eigenvalue weighted by Crippen LogP contribution is -2.20. The molecule has 86 valence electrons. The second-order valence-electron chi connectivity index (χ2n) is 3.60. The summed E-state index contributed by atoms with van der Waals surface area (Å²) in [4.78, 5) is 12.9. The van der Waals surface area contributed by atoms with E-state index in [9.17, 15) is 13.2 Å². The van der Waals surface area contributed by atoms with Gasteiger partial charge < -0.3 is 4.90 Å². The highest BCUT2D eigenvalue weighted by Crippen LogP contribution is 2.36. The first kappa shape index (κ1) is 11.2. The van der Waals surface area contributed by atoms with Gasteiger partial charge in [-0.15, -0.1) is 0 Å². The van der Waals surface area contributed by atoms with Gasteiger partial charge in [0, 0.05) is 14.1 Å². The third kappa shape index (κ3) is 1.45. The van der Waals surface area contributed by atoms with E-state index >= 15 is 0 Å². The van der Waals surface area contributed by atoms with Gasteiger partial charge in [0.25, 0.3) is 15.9 Å². The second-order valence-corrected chi connectivity index (χ2v) is 5.60. The fourth-order valence-electron chi connectivity index (χ4n) is 1.56. The van der Waals surface area contributed by atoms with Crippen molar-refractivity contribution in [3.05, 3.63) is 22.7 Å². The number of carbonyl (C=O) groups is 1. The van der Waals surface area contributed by atoms with E-state index in [-0.39, 0.29) is 15.5 Å². The highest BCUT2D eigenvalue weighted by molar-refractivity contribution is 7.90. The molecule has 0 saturated carbocycles. The second kappa shape index (κ2) is 3.36. The van der Waals surface area contributed by atoms with Crippen molar-refractivity contribution < 1.29 is 13.2 Å². The summed E-state index contributed by atoms with van der Waals surface area (Å²) in [7, 11) is -0.319. The first-order chi connectivity index (χ1) is 7.34. The van der Waals surface area contributed by atoms with Crippen LogP contribution < -0.4 is 9.62 Å². The lowest BCUT2D eigenvalue weighted by molar-refractivity contribution is 0.0985. The number of sulfonamides is 1. The zero-order valence-electron chi connectivity index (χ0n) is 8.61. The first-order valence-corrected chi connectivity index (χ1v) is 6.27. The Morgan fingerprint density at radius 1 is 1.31 bits per heavy atom. The number of carbonyl (C=O) groups excluding carboxylic acids is 1. The highest BCUT2D eigenvalue weighted by atomic mass is 35.5. The number of amides is 1. The first-order valence-electron chi connectivity index (χ1n) is 4.41. The fraction of sp³-hybridized carbons (Fsp3) is 0.222. The van der Waals surface area contributed by atoms with Crippen LogP contribution in [-0.2, 0) is 10.0 Å². The normalized spacial score (nSPS) is 16.8. The largest absolute Gasteiger partial charge is 0.376 e. The molecule has 0 spiro atoms. The van der Waals surface area contributed by atoms with E-state index in [1.54, 1.807) is 25.1 Å². The van der Waals surface area contributed by atoms with Gasteiger partial charge in [-0.3, -0.25) is 4.79 Å². The van der Waals surface area contributed by atoms with Crippen molar-refractivity contribution in [2.24, 2.45) is 0 Å². The number of nitrogens with zero attached hydrogens (tertiary/aromatic N) is 1. The molecule has 1 aromatic rings. The molecule has 0 fully saturated rings. The maximum Gasteiger partial charge on any atom is 0.266 e. The van der Waals surface area contributed by atoms with Crippen molar-refractivity contribution in [2.75, 3.05) is 19.0 Å². The Morgan fingerprint density at radius 2 is 1.94 bits per heavy atom. The predicted octanol–water partition coefficient (Wildman–Crippen LogP) is 0.838. The molecule has 1 heterocycles. The summed E-state index contributed by atoms with van der Waals surface area (Å²) < 4.78 is 25.1. The van der Waals surface area contributed by atoms with Crippen LogP contribution in [-0.4, -0.2) is 28.4 Å². The molecule has 0 radical (unpaired) electrons. The average Bonchev–Trinajstić information content (AvgIpc) is 2.37. The summed E-state index contributed by atoms with van der Waals surface area (Å²) in [5, 5.41) is 0.0702. The molecule has 0 atom stereocenters. The van der Waals surface area contributed by atoms with Crippen molar-refractivity contribution in [3.8, 4) is 0 Å². The minimum absolute atomic E-state index is 0.0702. The monoisotopic (exact) mass is 260 g/mol. The molecule has 5 nitrogen and oxygen atoms in total. The Balaban J connectivity index is 2.81. The Bertz CT molecular complexity index is 581. The molecule has 16 heavy (non-hydrogen) atoms. The van der Waals surface area contributed by atoms with Crippen LogP contribution in [0.3, 0.4) is 0 Å². The van der Waals surface area contributed by atoms with Crippen molar-refractivity contribution in [3.63, 3.8) is 0 Å². The molecule has 0 unspecified atom stereocenters. The molecule has 0 aromatic heterocycles. The van der Waals surface area contributed by atoms with E-state index < -0.39 is 15.9 Å². The Kier molecular flexibility index (Phi) is 2.36. The molecule has 7 heteroatoms. The fourth-order valence-corrected chi connectivity index (χ4v) is 3.45. The van der Waals surface area contributed by atoms with E-state index in [4.69, 9.17) is 11.6 Å². The van der Waals surface area contributed by atoms with Gasteiger partial charge in [-0.2, -0.15) is 0 Å². The van der Waals surface area contributed by atoms with Gasteiger partial charge in [-0.05, 0) is 12.1 Å². The zero-order valence-corrected chi connectivity index (χ0v) is 10.2. The van der Waals surface area contributed by atoms with Crippen molar-refractivity contribution in [1.29, 1.82) is 0 Å². The summed E-state index contributed by atoms with van der Waals surface area (Å²) >= 11 is 5.99. The topological polar surface area (TPSA) is 66.5 Å². The molecule has 1 amide bonds. The maximum absolute atomic E-state index is 11.6. The van der Waals surface area contributed by atoms with Gasteiger partial charge in [-0.25, -0.2) is 13.1 Å². The van der Waals surface area contributed by atoms with Gasteiger partial charge in [0.05, 0.1) is 16.3 Å². The van der Waals surface area contributed by atoms with Gasteiger partial charge in [0.2, 0.25) is 0 Å². The highest BCUT2D eigenvalue weighted by Gasteiger charge is 2.36. The Labute approximate surface area is 98.1 Å². The van der Waals surface area contributed by atoms with E-state index in [2.05, 4.69) is 0 Å². The number of halogens is 1. The summed E-state index contributed by atoms with van der Waals surface area (Å²) in [6.45, 7) is 0. The van der Waals surface area contributed by atoms with Gasteiger partial charge in [0.1, 0.15) is 4.90 Å². The minimum atomic E-state index is -3.80. The number of anilines is 1. The third-order valence-corrected chi connectivity index (χ3v) is 4.21. The summed E-state index contributed by atoms with van der Waals surface area (Å²) in [6, 6.07) is 3.07. The van der Waals surface area contributed by atoms with Gasteiger partial charge >= 0.3 is 0 Å². The zero-order chi connectivity index (χ0) is 12.1. The van der Waals surface area contributed by atoms with Crippen LogP contribution in [0.2, 0.25) is 5.02 Å². The molecular weight excluding hydrogens is 252 g/mol. The van der Waals surface area contributed by atoms with Crippen LogP contribution in [0.25, 0.3) is 0 Å². The number of nitrogens with one attached hydrogen (secondary N) is 1. The van der Waals surface area contributed by atoms with Crippen LogP contribution in [0.1, 0.15) is 10.4 Å². The van der Waals surface area contributed by atoms with Crippen LogP contribution in [0.5, 0.6) is 0 Å². The predicted molar refractivity (Wildman–Crippen MR) is 60.4 cm³/mol. The number of benzene rings is 1. The van der Waals surface area contributed by atoms with Crippen LogP contribution >= 0.6 is 11.6 Å². The van der Waals surface area contributed by atoms with Crippen molar-refractivity contribution in [1.82, 2.24) is 4.72 Å². The van der Waals surface area contributed by atoms with E-state index in [1.807, 2.05) is 4.72 Å². The van der Waals surface area contributed by atoms with E-state index in [1.165, 1.54) is 6.07 Å². The molecule has 1 aliphatic rings. The number of rotatable bonds is 1. The SMILES string of the molecule is CN(C)c1ccc2c(c1Cl)S(=O)(=O)NC2=O. The van der Waals surface area contributed by atoms with Crippen molar-refractivity contribution in [2.45, 2.75) is 4.90 Å². The molecule has 1 N–H and O–H groups in total. The Morgan fingerprint density at radius 3 is 2.50 bits per heavy atom. The van der Waals surface area contributed by atoms with Gasteiger partial charge in [-0.1, -0.05) is 11.6 Å². The standard InChI is InChI=1S/C9H9ClN2O3S/c1-12(2)6-4-3-5-8(7(6)10)16(14,15)11-9(5)13/h3-4H,1-2H3,(H,11,13). The molecule has 0 saturated heterocycles. The van der Waals surface area contributed by atoms with Crippen LogP contribution in [0, 0.1) is 0 Å². The van der Waals surface area contributed by atoms with Crippen LogP contribution in [0.15, 0.2) is 17.0 Å². The maximum atomic E-state index is 11.6. The number of fused-ring (bicyclic) bond motifs is 1. The number of hydrogen-bond acceptors (Lipinski definition) is 4. The Hall–Kier alpha value is -1.27. The lowest BCUT2D eigenvalue weighted by atomic mass is 10.2. The smallest absolute Gasteiger partial charge is 0.266 e. The average molecular weight is 261 g/mol. The quantitative estimate of drug-likeness (QED) is 0.813. The van der Waals surface area contributed by atoms with E-state index in [0.29, 0.717) is 5.69 Å². The summed E-state index contributed by atoms with van der Waals surface area (Å²) in [5.41, 5.74) is 0.649. The molecule has 1 aliphatic heterocycles. The van der Waals surface area contributed by atoms with E-state index in [0.717, 1.165) is 0 Å². The summed E-state index contributed by atoms with van der Waals surface area (Å²) in [6.07, 6.45) is 0. The molecule has 0 aliphatic carbocycles. The van der Waals surface area contributed by atoms with Crippen molar-refractivity contribution >= 4 is 33.2 Å². The number of hydrogen-bond donors (Lipinski definition) is 1. The summed E-state index contributed by atoms with van der Waals surface area (Å²) in [5.74, 6) is -0.637.